The smallest absolute Gasteiger partial charge is 0.180 e. The first-order valence-electron chi connectivity index (χ1n) is 6.48. The van der Waals surface area contributed by atoms with Crippen LogP contribution in [0.1, 0.15) is 31.2 Å². The second-order valence-electron chi connectivity index (χ2n) is 5.69. The summed E-state index contributed by atoms with van der Waals surface area (Å²) in [7, 11) is 0. The van der Waals surface area contributed by atoms with Crippen LogP contribution in [0.3, 0.4) is 0 Å². The van der Waals surface area contributed by atoms with Crippen LogP contribution in [0.25, 0.3) is 11.3 Å². The molecular formula is C15H21N3S. The second-order valence-corrected chi connectivity index (χ2v) is 6.81. The van der Waals surface area contributed by atoms with Gasteiger partial charge in [-0.25, -0.2) is 4.98 Å². The Hall–Kier alpha value is -1.39. The Balaban J connectivity index is 2.37. The number of hydrogen-bond acceptors (Lipinski definition) is 4. The van der Waals surface area contributed by atoms with Gasteiger partial charge in [0.2, 0.25) is 0 Å². The molecule has 2 rings (SSSR count). The summed E-state index contributed by atoms with van der Waals surface area (Å²) < 4.78 is 0. The summed E-state index contributed by atoms with van der Waals surface area (Å²) in [5.74, 6) is 0. The molecule has 3 nitrogen and oxygen atoms in total. The summed E-state index contributed by atoms with van der Waals surface area (Å²) >= 11 is 1.53. The molecule has 0 fully saturated rings. The maximum absolute atomic E-state index is 5.81. The first-order valence-corrected chi connectivity index (χ1v) is 7.29. The van der Waals surface area contributed by atoms with Gasteiger partial charge in [-0.2, -0.15) is 0 Å². The molecule has 102 valence electrons. The van der Waals surface area contributed by atoms with Crippen LogP contribution in [-0.2, 0) is 11.8 Å². The van der Waals surface area contributed by atoms with Gasteiger partial charge in [0.25, 0.3) is 0 Å². The molecule has 2 aromatic rings. The first-order chi connectivity index (χ1) is 8.91. The number of benzene rings is 1. The van der Waals surface area contributed by atoms with Crippen LogP contribution in [0, 0.1) is 0 Å². The highest BCUT2D eigenvalue weighted by molar-refractivity contribution is 7.15. The molecular weight excluding hydrogens is 254 g/mol. The van der Waals surface area contributed by atoms with Gasteiger partial charge < -0.3 is 11.5 Å². The molecule has 0 amide bonds. The molecule has 0 aliphatic rings. The Morgan fingerprint density at radius 3 is 2.32 bits per heavy atom. The third-order valence-corrected chi connectivity index (χ3v) is 4.05. The van der Waals surface area contributed by atoms with Crippen molar-refractivity contribution in [1.82, 2.24) is 4.98 Å². The van der Waals surface area contributed by atoms with E-state index < -0.39 is 0 Å². The Morgan fingerprint density at radius 1 is 1.16 bits per heavy atom. The van der Waals surface area contributed by atoms with Crippen LogP contribution in [0.2, 0.25) is 0 Å². The van der Waals surface area contributed by atoms with E-state index in [2.05, 4.69) is 50.0 Å². The number of thiazole rings is 1. The van der Waals surface area contributed by atoms with Gasteiger partial charge in [-0.15, -0.1) is 11.3 Å². The van der Waals surface area contributed by atoms with Crippen molar-refractivity contribution in [2.24, 2.45) is 5.73 Å². The predicted octanol–water partition coefficient (Wildman–Crippen LogP) is 3.19. The van der Waals surface area contributed by atoms with Crippen LogP contribution in [0.15, 0.2) is 24.3 Å². The van der Waals surface area contributed by atoms with E-state index in [1.165, 1.54) is 21.8 Å². The fraction of sp³-hybridized carbons (Fsp3) is 0.400. The number of hydrogen-bond donors (Lipinski definition) is 2. The van der Waals surface area contributed by atoms with Gasteiger partial charge in [0.05, 0.1) is 5.69 Å². The van der Waals surface area contributed by atoms with Crippen molar-refractivity contribution in [3.63, 3.8) is 0 Å². The predicted molar refractivity (Wildman–Crippen MR) is 83.4 cm³/mol. The summed E-state index contributed by atoms with van der Waals surface area (Å²) in [5.41, 5.74) is 15.0. The van der Waals surface area contributed by atoms with Crippen molar-refractivity contribution in [2.75, 3.05) is 12.3 Å². The normalized spacial score (nSPS) is 11.8. The largest absolute Gasteiger partial charge is 0.375 e. The Kier molecular flexibility index (Phi) is 3.92. The zero-order valence-electron chi connectivity index (χ0n) is 11.7. The highest BCUT2D eigenvalue weighted by Crippen LogP contribution is 2.31. The van der Waals surface area contributed by atoms with Crippen molar-refractivity contribution >= 4 is 16.5 Å². The molecule has 4 N–H and O–H groups in total. The number of nitrogen functional groups attached to an aromatic ring is 1. The average Bonchev–Trinajstić information content (AvgIpc) is 2.70. The van der Waals surface area contributed by atoms with E-state index in [-0.39, 0.29) is 5.41 Å². The molecule has 1 aromatic heterocycles. The quantitative estimate of drug-likeness (QED) is 0.904. The topological polar surface area (TPSA) is 64.9 Å². The third kappa shape index (κ3) is 3.14. The summed E-state index contributed by atoms with van der Waals surface area (Å²) in [6.45, 7) is 7.25. The van der Waals surface area contributed by atoms with Crippen molar-refractivity contribution in [3.05, 3.63) is 34.7 Å². The summed E-state index contributed by atoms with van der Waals surface area (Å²) in [4.78, 5) is 5.60. The van der Waals surface area contributed by atoms with E-state index in [9.17, 15) is 0 Å². The molecule has 0 radical (unpaired) electrons. The third-order valence-electron chi connectivity index (χ3n) is 3.11. The van der Waals surface area contributed by atoms with Gasteiger partial charge in [-0.05, 0) is 23.9 Å². The Morgan fingerprint density at radius 2 is 1.79 bits per heavy atom. The lowest BCUT2D eigenvalue weighted by atomic mass is 9.86. The average molecular weight is 275 g/mol. The molecule has 19 heavy (non-hydrogen) atoms. The van der Waals surface area contributed by atoms with Crippen LogP contribution >= 0.6 is 11.3 Å². The molecule has 4 heteroatoms. The van der Waals surface area contributed by atoms with Crippen molar-refractivity contribution in [3.8, 4) is 11.3 Å². The minimum atomic E-state index is 0.166. The second kappa shape index (κ2) is 5.31. The van der Waals surface area contributed by atoms with Gasteiger partial charge in [0.15, 0.2) is 5.13 Å². The Labute approximate surface area is 118 Å². The standard InChI is InChI=1S/C15H21N3S/c1-15(2,3)11-6-4-10(5-7-11)13-12(8-9-16)19-14(17)18-13/h4-7H,8-9,16H2,1-3H3,(H2,17,18). The van der Waals surface area contributed by atoms with E-state index in [4.69, 9.17) is 11.5 Å². The van der Waals surface area contributed by atoms with Gasteiger partial charge >= 0.3 is 0 Å². The van der Waals surface area contributed by atoms with Crippen molar-refractivity contribution in [2.45, 2.75) is 32.6 Å². The first kappa shape index (κ1) is 14.0. The molecule has 1 heterocycles. The van der Waals surface area contributed by atoms with Crippen molar-refractivity contribution in [1.29, 1.82) is 0 Å². The number of rotatable bonds is 3. The van der Waals surface area contributed by atoms with Gasteiger partial charge in [-0.3, -0.25) is 0 Å². The molecule has 0 aliphatic heterocycles. The minimum absolute atomic E-state index is 0.166. The number of nitrogens with zero attached hydrogens (tertiary/aromatic N) is 1. The SMILES string of the molecule is CC(C)(C)c1ccc(-c2nc(N)sc2CCN)cc1. The summed E-state index contributed by atoms with van der Waals surface area (Å²) in [6, 6.07) is 8.57. The molecule has 0 bridgehead atoms. The number of aromatic nitrogens is 1. The molecule has 0 saturated heterocycles. The lowest BCUT2D eigenvalue weighted by Gasteiger charge is -2.19. The minimum Gasteiger partial charge on any atom is -0.375 e. The molecule has 0 spiro atoms. The van der Waals surface area contributed by atoms with E-state index in [1.54, 1.807) is 0 Å². The highest BCUT2D eigenvalue weighted by Gasteiger charge is 2.15. The molecule has 0 aliphatic carbocycles. The molecule has 0 saturated carbocycles. The van der Waals surface area contributed by atoms with Crippen LogP contribution in [0.5, 0.6) is 0 Å². The fourth-order valence-corrected chi connectivity index (χ4v) is 2.89. The van der Waals surface area contributed by atoms with E-state index >= 15 is 0 Å². The fourth-order valence-electron chi connectivity index (χ4n) is 2.02. The lowest BCUT2D eigenvalue weighted by Crippen LogP contribution is -2.10. The van der Waals surface area contributed by atoms with Gasteiger partial charge in [0.1, 0.15) is 0 Å². The van der Waals surface area contributed by atoms with Crippen molar-refractivity contribution < 1.29 is 0 Å². The zero-order chi connectivity index (χ0) is 14.0. The van der Waals surface area contributed by atoms with Crippen LogP contribution in [0.4, 0.5) is 5.13 Å². The molecule has 0 atom stereocenters. The van der Waals surface area contributed by atoms with Crippen LogP contribution in [-0.4, -0.2) is 11.5 Å². The van der Waals surface area contributed by atoms with Gasteiger partial charge in [-0.1, -0.05) is 45.0 Å². The van der Waals surface area contributed by atoms with Gasteiger partial charge in [0, 0.05) is 10.4 Å². The zero-order valence-corrected chi connectivity index (χ0v) is 12.6. The monoisotopic (exact) mass is 275 g/mol. The van der Waals surface area contributed by atoms with E-state index in [1.807, 2.05) is 0 Å². The maximum Gasteiger partial charge on any atom is 0.180 e. The van der Waals surface area contributed by atoms with E-state index in [0.717, 1.165) is 17.7 Å². The number of anilines is 1. The van der Waals surface area contributed by atoms with E-state index in [0.29, 0.717) is 11.7 Å². The lowest BCUT2D eigenvalue weighted by molar-refractivity contribution is 0.590. The Bertz CT molecular complexity index is 550. The summed E-state index contributed by atoms with van der Waals surface area (Å²) in [5, 5.41) is 0.610. The number of nitrogens with two attached hydrogens (primary N) is 2. The highest BCUT2D eigenvalue weighted by atomic mass is 32.1. The molecule has 0 unspecified atom stereocenters. The maximum atomic E-state index is 5.81. The summed E-state index contributed by atoms with van der Waals surface area (Å²) in [6.07, 6.45) is 0.825. The van der Waals surface area contributed by atoms with Crippen LogP contribution < -0.4 is 11.5 Å². The molecule has 1 aromatic carbocycles.